The second-order valence-corrected chi connectivity index (χ2v) is 21.9. The number of fused-ring (bicyclic) bond motifs is 6. The molecule has 0 fully saturated rings. The Balaban J connectivity index is 1.21. The molecule has 0 radical (unpaired) electrons. The smallest absolute Gasteiger partial charge is 0.309 e. The van der Waals surface area contributed by atoms with Crippen LogP contribution in [0.2, 0.25) is 0 Å². The van der Waals surface area contributed by atoms with Gasteiger partial charge in [0.2, 0.25) is 0 Å². The van der Waals surface area contributed by atoms with Crippen molar-refractivity contribution in [3.8, 4) is 73.1 Å². The first-order valence-corrected chi connectivity index (χ1v) is 27.4. The van der Waals surface area contributed by atoms with Crippen molar-refractivity contribution in [1.82, 2.24) is 14.1 Å². The number of pyridine rings is 1. The third kappa shape index (κ3) is 11.8. The number of alkyl halides is 24. The van der Waals surface area contributed by atoms with Crippen molar-refractivity contribution in [2.24, 2.45) is 0 Å². The Morgan fingerprint density at radius 3 is 0.781 bits per heavy atom. The Morgan fingerprint density at radius 1 is 0.260 bits per heavy atom. The molecule has 0 amide bonds. The summed E-state index contributed by atoms with van der Waals surface area (Å²) in [6, 6.07) is 22.9. The summed E-state index contributed by atoms with van der Waals surface area (Å²) in [6.45, 7) is 0. The molecule has 0 bridgehead atoms. The predicted octanol–water partition coefficient (Wildman–Crippen LogP) is 23.6. The molecule has 3 heterocycles. The Kier molecular flexibility index (Phi) is 15.3. The van der Waals surface area contributed by atoms with Gasteiger partial charge in [0.15, 0.2) is 0 Å². The van der Waals surface area contributed by atoms with E-state index in [9.17, 15) is 111 Å². The van der Waals surface area contributed by atoms with Crippen LogP contribution in [-0.4, -0.2) is 14.1 Å². The summed E-state index contributed by atoms with van der Waals surface area (Å²) in [5.74, 6) is 0. The van der Waals surface area contributed by atoms with E-state index in [1.807, 2.05) is 6.07 Å². The topological polar surface area (TPSA) is 46.5 Å². The minimum atomic E-state index is -5.49. The van der Waals surface area contributed by atoms with Gasteiger partial charge in [0.05, 0.1) is 83.5 Å². The largest absolute Gasteiger partial charge is 0.417 e. The average Bonchev–Trinajstić information content (AvgIpc) is 1.55. The fourth-order valence-corrected chi connectivity index (χ4v) is 11.9. The molecule has 490 valence electrons. The van der Waals surface area contributed by atoms with E-state index < -0.39 is 144 Å². The predicted molar refractivity (Wildman–Crippen MR) is 305 cm³/mol. The zero-order chi connectivity index (χ0) is 69.5. The van der Waals surface area contributed by atoms with Crippen molar-refractivity contribution in [2.45, 2.75) is 49.4 Å². The molecule has 0 aliphatic carbocycles. The van der Waals surface area contributed by atoms with Crippen LogP contribution in [0.5, 0.6) is 0 Å². The lowest BCUT2D eigenvalue weighted by atomic mass is 9.95. The van der Waals surface area contributed by atoms with Gasteiger partial charge in [-0.3, -0.25) is 4.98 Å². The van der Waals surface area contributed by atoms with Crippen molar-refractivity contribution in [1.29, 1.82) is 5.26 Å². The summed E-state index contributed by atoms with van der Waals surface area (Å²) >= 11 is 0. The van der Waals surface area contributed by atoms with Gasteiger partial charge in [-0.25, -0.2) is 0 Å². The Morgan fingerprint density at radius 2 is 0.531 bits per heavy atom. The maximum atomic E-state index is 14.9. The molecule has 0 spiro atoms. The summed E-state index contributed by atoms with van der Waals surface area (Å²) in [5.41, 5.74) is -21.4. The standard InChI is InChI=1S/C68H30F24N4/c69-61(70,71)38-5-13-42(51(26-38)65(81,82)83)33-1-9-46-47-10-2-34(43-14-6-39(62(72,73)74)27-52(43)66(84,85)86)22-57(47)95(56(46)21-33)55-30-50(32-17-19-94-20-18-32)60(25-37(55)31-93)96-58-23-35(44-15-7-40(63(75,76)77)28-53(44)67(87,88)89)3-11-48(58)49-12-4-36(24-59(49)96)45-16-8-41(64(78,79)80)29-54(45)68(90,91)92/h1-30H. The number of nitrogens with zero attached hydrogens (tertiary/aromatic N) is 4. The van der Waals surface area contributed by atoms with Gasteiger partial charge < -0.3 is 9.13 Å². The molecule has 0 aliphatic heterocycles. The summed E-state index contributed by atoms with van der Waals surface area (Å²) in [7, 11) is 0. The lowest BCUT2D eigenvalue weighted by Gasteiger charge is -2.20. The van der Waals surface area contributed by atoms with E-state index in [1.54, 1.807) is 0 Å². The molecule has 0 N–H and O–H groups in total. The Hall–Kier alpha value is -10.5. The molecular formula is C68H30F24N4. The van der Waals surface area contributed by atoms with Crippen LogP contribution in [-0.2, 0) is 49.4 Å². The molecule has 0 atom stereocenters. The van der Waals surface area contributed by atoms with Crippen LogP contribution < -0.4 is 0 Å². The highest BCUT2D eigenvalue weighted by Crippen LogP contribution is 2.50. The van der Waals surface area contributed by atoms with Gasteiger partial charge in [0.25, 0.3) is 0 Å². The second-order valence-electron chi connectivity index (χ2n) is 21.9. The molecule has 0 saturated carbocycles. The number of aromatic nitrogens is 3. The molecule has 9 aromatic carbocycles. The van der Waals surface area contributed by atoms with Gasteiger partial charge in [0, 0.05) is 39.5 Å². The first kappa shape index (κ1) is 65.6. The highest BCUT2D eigenvalue weighted by Gasteiger charge is 2.43. The first-order chi connectivity index (χ1) is 44.6. The van der Waals surface area contributed by atoms with Crippen molar-refractivity contribution >= 4 is 43.6 Å². The SMILES string of the molecule is N#Cc1cc(-n2c3cc(-c4ccc(C(F)(F)F)cc4C(F)(F)F)ccc3c3ccc(-c4ccc(C(F)(F)F)cc4C(F)(F)F)cc32)c(-c2ccncc2)cc1-n1c2cc(-c3ccc(C(F)(F)F)cc3C(F)(F)F)ccc2c2ccc(-c3ccc(C(F)(F)F)cc3C(F)(F)F)cc21. The lowest BCUT2D eigenvalue weighted by molar-refractivity contribution is -0.144. The van der Waals surface area contributed by atoms with Gasteiger partial charge >= 0.3 is 49.4 Å². The van der Waals surface area contributed by atoms with Gasteiger partial charge in [-0.1, -0.05) is 72.8 Å². The van der Waals surface area contributed by atoms with Crippen LogP contribution in [0.4, 0.5) is 105 Å². The van der Waals surface area contributed by atoms with Crippen molar-refractivity contribution in [3.05, 3.63) is 232 Å². The molecule has 96 heavy (non-hydrogen) atoms. The van der Waals surface area contributed by atoms with Crippen molar-refractivity contribution in [3.63, 3.8) is 0 Å². The third-order valence-electron chi connectivity index (χ3n) is 16.1. The highest BCUT2D eigenvalue weighted by molar-refractivity contribution is 6.13. The van der Waals surface area contributed by atoms with Gasteiger partial charge in [-0.2, -0.15) is 111 Å². The summed E-state index contributed by atoms with van der Waals surface area (Å²) in [4.78, 5) is 4.03. The quantitative estimate of drug-likeness (QED) is 0.149. The highest BCUT2D eigenvalue weighted by atomic mass is 19.4. The van der Waals surface area contributed by atoms with Gasteiger partial charge in [-0.15, -0.1) is 0 Å². The van der Waals surface area contributed by atoms with Crippen LogP contribution >= 0.6 is 0 Å². The summed E-state index contributed by atoms with van der Waals surface area (Å²) in [5, 5.41) is 11.5. The zero-order valence-electron chi connectivity index (χ0n) is 47.2. The molecule has 0 aliphatic rings. The Bertz CT molecular complexity index is 4910. The minimum absolute atomic E-state index is 0.00750. The molecule has 0 unspecified atom stereocenters. The fraction of sp³-hybridized carbons (Fsp3) is 0.118. The van der Waals surface area contributed by atoms with Crippen LogP contribution in [0.3, 0.4) is 0 Å². The maximum absolute atomic E-state index is 14.9. The van der Waals surface area contributed by atoms with E-state index in [0.29, 0.717) is 48.5 Å². The zero-order valence-corrected chi connectivity index (χ0v) is 47.2. The third-order valence-corrected chi connectivity index (χ3v) is 16.1. The van der Waals surface area contributed by atoms with Gasteiger partial charge in [0.1, 0.15) is 6.07 Å². The van der Waals surface area contributed by atoms with Crippen LogP contribution in [0.15, 0.2) is 182 Å². The molecular weight excluding hydrogens is 1330 g/mol. The number of hydrogen-bond acceptors (Lipinski definition) is 2. The molecule has 28 heteroatoms. The average molecular weight is 1360 g/mol. The number of rotatable bonds is 7. The van der Waals surface area contributed by atoms with Crippen LogP contribution in [0, 0.1) is 11.3 Å². The first-order valence-electron chi connectivity index (χ1n) is 27.4. The molecule has 12 rings (SSSR count). The maximum Gasteiger partial charge on any atom is 0.417 e. The van der Waals surface area contributed by atoms with Crippen molar-refractivity contribution in [2.75, 3.05) is 0 Å². The monoisotopic (exact) mass is 1360 g/mol. The number of hydrogen-bond donors (Lipinski definition) is 0. The normalized spacial score (nSPS) is 13.2. The molecule has 12 aromatic rings. The van der Waals surface area contributed by atoms with E-state index in [4.69, 9.17) is 0 Å². The molecule has 3 aromatic heterocycles. The number of halogens is 24. The minimum Gasteiger partial charge on any atom is -0.309 e. The lowest BCUT2D eigenvalue weighted by Crippen LogP contribution is -2.12. The fourth-order valence-electron chi connectivity index (χ4n) is 11.9. The van der Waals surface area contributed by atoms with E-state index in [0.717, 1.165) is 59.2 Å². The van der Waals surface area contributed by atoms with E-state index >= 15 is 0 Å². The number of nitriles is 1. The van der Waals surface area contributed by atoms with Gasteiger partial charge in [-0.05, 0) is 147 Å². The van der Waals surface area contributed by atoms with E-state index in [2.05, 4.69) is 4.98 Å². The van der Waals surface area contributed by atoms with Crippen LogP contribution in [0.25, 0.3) is 111 Å². The van der Waals surface area contributed by atoms with Crippen LogP contribution in [0.1, 0.15) is 50.1 Å². The summed E-state index contributed by atoms with van der Waals surface area (Å²) in [6.07, 6.45) is -40.7. The Labute approximate surface area is 521 Å². The summed E-state index contributed by atoms with van der Waals surface area (Å²) < 4.78 is 350. The van der Waals surface area contributed by atoms with E-state index in [-0.39, 0.29) is 90.4 Å². The van der Waals surface area contributed by atoms with Crippen molar-refractivity contribution < 1.29 is 105 Å². The molecule has 0 saturated heterocycles. The molecule has 4 nitrogen and oxygen atoms in total. The second kappa shape index (κ2) is 22.3. The number of benzene rings is 9. The van der Waals surface area contributed by atoms with E-state index in [1.165, 1.54) is 59.4 Å².